The summed E-state index contributed by atoms with van der Waals surface area (Å²) in [4.78, 5) is 22.0. The minimum absolute atomic E-state index is 0.351. The second-order valence-electron chi connectivity index (χ2n) is 7.12. The van der Waals surface area contributed by atoms with Gasteiger partial charge in [0.05, 0.1) is 31.2 Å². The normalized spacial score (nSPS) is 14.2. The molecule has 0 saturated carbocycles. The van der Waals surface area contributed by atoms with Crippen LogP contribution in [0.3, 0.4) is 0 Å². The van der Waals surface area contributed by atoms with E-state index in [1.807, 2.05) is 6.07 Å². The maximum Gasteiger partial charge on any atom is 0.316 e. The van der Waals surface area contributed by atoms with E-state index in [1.54, 1.807) is 37.4 Å². The molecule has 1 aliphatic heterocycles. The SMILES string of the molecule is COc1cc2c(Oc3cccc(NC(N)=O)c3)ncnc2cc1OCCN1CCOCC1. The third kappa shape index (κ3) is 5.34. The molecule has 2 heterocycles. The van der Waals surface area contributed by atoms with Crippen LogP contribution in [0.1, 0.15) is 0 Å². The van der Waals surface area contributed by atoms with E-state index >= 15 is 0 Å². The number of urea groups is 1. The highest BCUT2D eigenvalue weighted by Gasteiger charge is 2.15. The molecule has 1 saturated heterocycles. The Morgan fingerprint density at radius 1 is 1.19 bits per heavy atom. The van der Waals surface area contributed by atoms with Crippen LogP contribution in [0.5, 0.6) is 23.1 Å². The summed E-state index contributed by atoms with van der Waals surface area (Å²) >= 11 is 0. The number of carbonyl (C=O) groups is 1. The van der Waals surface area contributed by atoms with Crippen LogP contribution in [0.15, 0.2) is 42.7 Å². The average molecular weight is 439 g/mol. The van der Waals surface area contributed by atoms with E-state index in [-0.39, 0.29) is 0 Å². The number of carbonyl (C=O) groups excluding carboxylic acids is 1. The lowest BCUT2D eigenvalue weighted by Gasteiger charge is -2.26. The van der Waals surface area contributed by atoms with Crippen molar-refractivity contribution < 1.29 is 23.7 Å². The molecule has 1 aliphatic rings. The van der Waals surface area contributed by atoms with Crippen molar-refractivity contribution in [2.24, 2.45) is 5.73 Å². The predicted octanol–water partition coefficient (Wildman–Crippen LogP) is 2.63. The summed E-state index contributed by atoms with van der Waals surface area (Å²) in [5, 5.41) is 3.18. The highest BCUT2D eigenvalue weighted by atomic mass is 16.5. The topological polar surface area (TPSA) is 121 Å². The molecule has 0 atom stereocenters. The second kappa shape index (κ2) is 10.1. The van der Waals surface area contributed by atoms with Gasteiger partial charge in [0.1, 0.15) is 18.7 Å². The molecule has 10 heteroatoms. The highest BCUT2D eigenvalue weighted by Crippen LogP contribution is 2.36. The lowest BCUT2D eigenvalue weighted by molar-refractivity contribution is 0.0321. The third-order valence-electron chi connectivity index (χ3n) is 4.97. The molecular weight excluding hydrogens is 414 g/mol. The van der Waals surface area contributed by atoms with Gasteiger partial charge < -0.3 is 30.0 Å². The molecule has 0 bridgehead atoms. The molecule has 0 spiro atoms. The number of hydrogen-bond acceptors (Lipinski definition) is 8. The number of amides is 2. The first kappa shape index (κ1) is 21.6. The molecule has 2 amide bonds. The molecule has 1 aromatic heterocycles. The minimum Gasteiger partial charge on any atom is -0.493 e. The number of morpholine rings is 1. The molecule has 3 aromatic rings. The van der Waals surface area contributed by atoms with Crippen LogP contribution in [0.25, 0.3) is 10.9 Å². The highest BCUT2D eigenvalue weighted by molar-refractivity contribution is 5.88. The number of primary amides is 1. The summed E-state index contributed by atoms with van der Waals surface area (Å²) in [6.45, 7) is 4.64. The molecule has 10 nitrogen and oxygen atoms in total. The lowest BCUT2D eigenvalue weighted by Crippen LogP contribution is -2.38. The Labute approximate surface area is 185 Å². The van der Waals surface area contributed by atoms with Gasteiger partial charge in [0.2, 0.25) is 5.88 Å². The smallest absolute Gasteiger partial charge is 0.316 e. The number of methoxy groups -OCH3 is 1. The summed E-state index contributed by atoms with van der Waals surface area (Å²) in [6, 6.07) is 9.80. The Balaban J connectivity index is 1.53. The molecule has 168 valence electrons. The van der Waals surface area contributed by atoms with Crippen LogP contribution in [-0.2, 0) is 4.74 Å². The number of ether oxygens (including phenoxy) is 4. The molecule has 0 radical (unpaired) electrons. The summed E-state index contributed by atoms with van der Waals surface area (Å²) in [7, 11) is 1.58. The van der Waals surface area contributed by atoms with Gasteiger partial charge >= 0.3 is 6.03 Å². The molecule has 2 aromatic carbocycles. The zero-order valence-corrected chi connectivity index (χ0v) is 17.7. The van der Waals surface area contributed by atoms with Gasteiger partial charge in [-0.15, -0.1) is 0 Å². The van der Waals surface area contributed by atoms with Crippen LogP contribution in [0.2, 0.25) is 0 Å². The van der Waals surface area contributed by atoms with Gasteiger partial charge in [-0.1, -0.05) is 6.07 Å². The van der Waals surface area contributed by atoms with Gasteiger partial charge in [-0.05, 0) is 18.2 Å². The lowest BCUT2D eigenvalue weighted by atomic mass is 10.2. The van der Waals surface area contributed by atoms with Gasteiger partial charge in [0.15, 0.2) is 11.5 Å². The molecule has 3 N–H and O–H groups in total. The first-order chi connectivity index (χ1) is 15.6. The Morgan fingerprint density at radius 3 is 2.81 bits per heavy atom. The van der Waals surface area contributed by atoms with E-state index < -0.39 is 6.03 Å². The monoisotopic (exact) mass is 439 g/mol. The fourth-order valence-corrected chi connectivity index (χ4v) is 3.39. The van der Waals surface area contributed by atoms with Crippen molar-refractivity contribution in [2.45, 2.75) is 0 Å². The quantitative estimate of drug-likeness (QED) is 0.549. The first-order valence-electron chi connectivity index (χ1n) is 10.2. The molecule has 32 heavy (non-hydrogen) atoms. The number of nitrogens with one attached hydrogen (secondary N) is 1. The van der Waals surface area contributed by atoms with Crippen molar-refractivity contribution >= 4 is 22.6 Å². The van der Waals surface area contributed by atoms with Crippen molar-refractivity contribution in [1.82, 2.24) is 14.9 Å². The Kier molecular flexibility index (Phi) is 6.83. The van der Waals surface area contributed by atoms with Crippen molar-refractivity contribution in [1.29, 1.82) is 0 Å². The Hall–Kier alpha value is -3.63. The van der Waals surface area contributed by atoms with Crippen molar-refractivity contribution in [3.8, 4) is 23.1 Å². The van der Waals surface area contributed by atoms with E-state index in [2.05, 4.69) is 20.2 Å². The predicted molar refractivity (Wildman–Crippen MR) is 119 cm³/mol. The van der Waals surface area contributed by atoms with Crippen molar-refractivity contribution in [3.63, 3.8) is 0 Å². The molecule has 0 aliphatic carbocycles. The maximum atomic E-state index is 11.1. The summed E-state index contributed by atoms with van der Waals surface area (Å²) in [5.74, 6) is 2.00. The number of anilines is 1. The van der Waals surface area contributed by atoms with E-state index in [9.17, 15) is 4.79 Å². The Morgan fingerprint density at radius 2 is 2.03 bits per heavy atom. The number of aromatic nitrogens is 2. The number of nitrogens with zero attached hydrogens (tertiary/aromatic N) is 3. The van der Waals surface area contributed by atoms with Gasteiger partial charge in [0.25, 0.3) is 0 Å². The fraction of sp³-hybridized carbons (Fsp3) is 0.318. The molecule has 1 fully saturated rings. The second-order valence-corrected chi connectivity index (χ2v) is 7.12. The van der Waals surface area contributed by atoms with Crippen LogP contribution in [0.4, 0.5) is 10.5 Å². The summed E-state index contributed by atoms with van der Waals surface area (Å²) < 4.78 is 22.9. The number of nitrogens with two attached hydrogens (primary N) is 1. The van der Waals surface area contributed by atoms with Gasteiger partial charge in [0, 0.05) is 37.5 Å². The molecular formula is C22H25N5O5. The van der Waals surface area contributed by atoms with E-state index in [1.165, 1.54) is 6.33 Å². The Bertz CT molecular complexity index is 1090. The number of fused-ring (bicyclic) bond motifs is 1. The van der Waals surface area contributed by atoms with Gasteiger partial charge in [-0.3, -0.25) is 4.90 Å². The van der Waals surface area contributed by atoms with E-state index in [0.717, 1.165) is 32.8 Å². The van der Waals surface area contributed by atoms with E-state index in [0.29, 0.717) is 46.3 Å². The fourth-order valence-electron chi connectivity index (χ4n) is 3.39. The third-order valence-corrected chi connectivity index (χ3v) is 4.97. The largest absolute Gasteiger partial charge is 0.493 e. The zero-order valence-electron chi connectivity index (χ0n) is 17.7. The zero-order chi connectivity index (χ0) is 22.3. The number of benzene rings is 2. The van der Waals surface area contributed by atoms with Crippen molar-refractivity contribution in [2.75, 3.05) is 51.9 Å². The standard InChI is InChI=1S/C22H25N5O5/c1-29-19-12-17-18(13-20(19)31-10-7-27-5-8-30-9-6-27)24-14-25-21(17)32-16-4-2-3-15(11-16)26-22(23)28/h2-4,11-14H,5-10H2,1H3,(H3,23,26,28). The summed E-state index contributed by atoms with van der Waals surface area (Å²) in [5.41, 5.74) is 6.35. The first-order valence-corrected chi connectivity index (χ1v) is 10.2. The summed E-state index contributed by atoms with van der Waals surface area (Å²) in [6.07, 6.45) is 1.42. The number of hydrogen-bond donors (Lipinski definition) is 2. The van der Waals surface area contributed by atoms with Crippen molar-refractivity contribution in [3.05, 3.63) is 42.7 Å². The van der Waals surface area contributed by atoms with Crippen LogP contribution >= 0.6 is 0 Å². The van der Waals surface area contributed by atoms with E-state index in [4.69, 9.17) is 24.7 Å². The van der Waals surface area contributed by atoms with Crippen LogP contribution in [0, 0.1) is 0 Å². The average Bonchev–Trinajstić information content (AvgIpc) is 2.79. The van der Waals surface area contributed by atoms with Gasteiger partial charge in [-0.25, -0.2) is 14.8 Å². The number of rotatable bonds is 8. The minimum atomic E-state index is -0.652. The van der Waals surface area contributed by atoms with Gasteiger partial charge in [-0.2, -0.15) is 0 Å². The molecule has 4 rings (SSSR count). The maximum absolute atomic E-state index is 11.1. The molecule has 0 unspecified atom stereocenters. The van der Waals surface area contributed by atoms with Crippen LogP contribution < -0.4 is 25.3 Å². The van der Waals surface area contributed by atoms with Crippen LogP contribution in [-0.4, -0.2) is 67.5 Å².